The van der Waals surface area contributed by atoms with Gasteiger partial charge in [0.2, 0.25) is 0 Å². The second kappa shape index (κ2) is 11.5. The molecular formula is C26H22ClN3O3. The first-order valence-corrected chi connectivity index (χ1v) is 10.6. The number of ether oxygens (including phenoxy) is 1. The van der Waals surface area contributed by atoms with E-state index in [2.05, 4.69) is 10.6 Å². The fourth-order valence-corrected chi connectivity index (χ4v) is 3.24. The van der Waals surface area contributed by atoms with Crippen molar-refractivity contribution in [1.82, 2.24) is 5.32 Å². The number of hydrogen-bond donors (Lipinski definition) is 2. The number of amides is 2. The lowest BCUT2D eigenvalue weighted by molar-refractivity contribution is -0.118. The van der Waals surface area contributed by atoms with Crippen molar-refractivity contribution in [3.8, 4) is 11.8 Å². The molecule has 3 rings (SSSR count). The summed E-state index contributed by atoms with van der Waals surface area (Å²) in [5.41, 5.74) is 2.11. The smallest absolute Gasteiger partial charge is 0.262 e. The predicted octanol–water partition coefficient (Wildman–Crippen LogP) is 5.14. The van der Waals surface area contributed by atoms with Crippen LogP contribution in [0.15, 0.2) is 84.4 Å². The molecule has 0 heterocycles. The zero-order valence-electron chi connectivity index (χ0n) is 17.9. The van der Waals surface area contributed by atoms with Gasteiger partial charge in [0.05, 0.1) is 11.1 Å². The highest BCUT2D eigenvalue weighted by molar-refractivity contribution is 6.32. The minimum Gasteiger partial charge on any atom is -0.482 e. The average Bonchev–Trinajstić information content (AvgIpc) is 2.83. The summed E-state index contributed by atoms with van der Waals surface area (Å²) in [6.07, 6.45) is 1.45. The Labute approximate surface area is 197 Å². The zero-order valence-corrected chi connectivity index (χ0v) is 18.7. The minimum absolute atomic E-state index is 0.0512. The molecule has 0 saturated carbocycles. The number of nitriles is 1. The number of rotatable bonds is 8. The number of nitrogens with zero attached hydrogens (tertiary/aromatic N) is 1. The number of anilines is 1. The molecule has 7 heteroatoms. The SMILES string of the molecule is C[C@H](NC(=O)/C(C#N)=C\c1ccc(OCC(=O)Nc2ccccc2)c(Cl)c1)c1ccccc1. The Bertz CT molecular complexity index is 1190. The summed E-state index contributed by atoms with van der Waals surface area (Å²) >= 11 is 6.27. The first-order valence-electron chi connectivity index (χ1n) is 10.2. The number of benzene rings is 3. The maximum atomic E-state index is 12.5. The third kappa shape index (κ3) is 6.96. The molecule has 6 nitrogen and oxygen atoms in total. The Hall–Kier alpha value is -4.08. The standard InChI is InChI=1S/C26H22ClN3O3/c1-18(20-8-4-2-5-9-20)29-26(32)21(16-28)14-19-12-13-24(23(27)15-19)33-17-25(31)30-22-10-6-3-7-11-22/h2-15,18H,17H2,1H3,(H,29,32)(H,30,31)/b21-14-/t18-/m0/s1. The highest BCUT2D eigenvalue weighted by Gasteiger charge is 2.14. The van der Waals surface area contributed by atoms with Crippen LogP contribution < -0.4 is 15.4 Å². The van der Waals surface area contributed by atoms with Crippen molar-refractivity contribution in [1.29, 1.82) is 5.26 Å². The van der Waals surface area contributed by atoms with Crippen molar-refractivity contribution in [2.75, 3.05) is 11.9 Å². The Kier molecular flexibility index (Phi) is 8.23. The monoisotopic (exact) mass is 459 g/mol. The third-order valence-corrected chi connectivity index (χ3v) is 4.99. The lowest BCUT2D eigenvalue weighted by Gasteiger charge is -2.14. The van der Waals surface area contributed by atoms with E-state index in [-0.39, 0.29) is 29.2 Å². The fraction of sp³-hybridized carbons (Fsp3) is 0.115. The molecule has 0 spiro atoms. The number of carbonyl (C=O) groups is 2. The number of para-hydroxylation sites is 1. The second-order valence-electron chi connectivity index (χ2n) is 7.17. The van der Waals surface area contributed by atoms with Gasteiger partial charge in [0.25, 0.3) is 11.8 Å². The van der Waals surface area contributed by atoms with Crippen LogP contribution in [-0.2, 0) is 9.59 Å². The molecule has 166 valence electrons. The van der Waals surface area contributed by atoms with Gasteiger partial charge >= 0.3 is 0 Å². The molecule has 0 aliphatic heterocycles. The molecule has 0 bridgehead atoms. The molecule has 2 amide bonds. The Balaban J connectivity index is 1.62. The summed E-state index contributed by atoms with van der Waals surface area (Å²) in [6.45, 7) is 1.63. The predicted molar refractivity (Wildman–Crippen MR) is 129 cm³/mol. The summed E-state index contributed by atoms with van der Waals surface area (Å²) < 4.78 is 5.50. The van der Waals surface area contributed by atoms with Crippen molar-refractivity contribution in [2.24, 2.45) is 0 Å². The van der Waals surface area contributed by atoms with Crippen molar-refractivity contribution in [2.45, 2.75) is 13.0 Å². The first-order chi connectivity index (χ1) is 16.0. The van der Waals surface area contributed by atoms with E-state index in [0.717, 1.165) is 5.56 Å². The summed E-state index contributed by atoms with van der Waals surface area (Å²) in [5.74, 6) is -0.488. The molecule has 2 N–H and O–H groups in total. The molecule has 0 aliphatic rings. The largest absolute Gasteiger partial charge is 0.482 e. The Morgan fingerprint density at radius 1 is 1.06 bits per heavy atom. The molecule has 3 aromatic rings. The number of carbonyl (C=O) groups excluding carboxylic acids is 2. The number of hydrogen-bond acceptors (Lipinski definition) is 4. The zero-order chi connectivity index (χ0) is 23.6. The molecule has 0 aliphatic carbocycles. The van der Waals surface area contributed by atoms with Crippen LogP contribution in [0.3, 0.4) is 0 Å². The molecule has 33 heavy (non-hydrogen) atoms. The highest BCUT2D eigenvalue weighted by Crippen LogP contribution is 2.26. The first kappa shape index (κ1) is 23.6. The van der Waals surface area contributed by atoms with Gasteiger partial charge in [-0.15, -0.1) is 0 Å². The Morgan fingerprint density at radius 3 is 2.36 bits per heavy atom. The van der Waals surface area contributed by atoms with Crippen LogP contribution in [0.4, 0.5) is 5.69 Å². The van der Waals surface area contributed by atoms with Gasteiger partial charge in [-0.1, -0.05) is 66.2 Å². The van der Waals surface area contributed by atoms with Gasteiger partial charge in [0.1, 0.15) is 17.4 Å². The normalized spacial score (nSPS) is 11.7. The maximum absolute atomic E-state index is 12.5. The lowest BCUT2D eigenvalue weighted by Crippen LogP contribution is -2.27. The third-order valence-electron chi connectivity index (χ3n) is 4.70. The van der Waals surface area contributed by atoms with Crippen LogP contribution in [0.2, 0.25) is 5.02 Å². The van der Waals surface area contributed by atoms with Gasteiger partial charge in [-0.3, -0.25) is 9.59 Å². The Morgan fingerprint density at radius 2 is 1.73 bits per heavy atom. The summed E-state index contributed by atoms with van der Waals surface area (Å²) in [4.78, 5) is 24.6. The second-order valence-corrected chi connectivity index (χ2v) is 7.58. The van der Waals surface area contributed by atoms with Gasteiger partial charge < -0.3 is 15.4 Å². The van der Waals surface area contributed by atoms with E-state index in [1.165, 1.54) is 6.08 Å². The van der Waals surface area contributed by atoms with E-state index in [4.69, 9.17) is 16.3 Å². The van der Waals surface area contributed by atoms with E-state index in [1.807, 2.05) is 61.5 Å². The molecule has 0 aromatic heterocycles. The van der Waals surface area contributed by atoms with E-state index in [9.17, 15) is 14.9 Å². The van der Waals surface area contributed by atoms with Crippen LogP contribution in [0.5, 0.6) is 5.75 Å². The highest BCUT2D eigenvalue weighted by atomic mass is 35.5. The summed E-state index contributed by atoms with van der Waals surface area (Å²) in [6, 6.07) is 25.0. The van der Waals surface area contributed by atoms with E-state index in [1.54, 1.807) is 30.3 Å². The summed E-state index contributed by atoms with van der Waals surface area (Å²) in [5, 5.41) is 15.2. The van der Waals surface area contributed by atoms with E-state index < -0.39 is 5.91 Å². The van der Waals surface area contributed by atoms with Crippen molar-refractivity contribution in [3.63, 3.8) is 0 Å². The molecule has 0 radical (unpaired) electrons. The van der Waals surface area contributed by atoms with Crippen LogP contribution in [0.25, 0.3) is 6.08 Å². The molecule has 0 fully saturated rings. The molecule has 3 aromatic carbocycles. The van der Waals surface area contributed by atoms with Crippen molar-refractivity contribution >= 4 is 35.2 Å². The van der Waals surface area contributed by atoms with E-state index >= 15 is 0 Å². The topological polar surface area (TPSA) is 91.2 Å². The van der Waals surface area contributed by atoms with Crippen molar-refractivity contribution < 1.29 is 14.3 Å². The lowest BCUT2D eigenvalue weighted by atomic mass is 10.1. The quantitative estimate of drug-likeness (QED) is 0.360. The van der Waals surface area contributed by atoms with Crippen LogP contribution in [-0.4, -0.2) is 18.4 Å². The maximum Gasteiger partial charge on any atom is 0.262 e. The average molecular weight is 460 g/mol. The molecule has 1 atom stereocenters. The van der Waals surface area contributed by atoms with Crippen LogP contribution in [0, 0.1) is 11.3 Å². The van der Waals surface area contributed by atoms with Crippen LogP contribution in [0.1, 0.15) is 24.1 Å². The number of nitrogens with one attached hydrogen (secondary N) is 2. The van der Waals surface area contributed by atoms with Gasteiger partial charge in [0, 0.05) is 5.69 Å². The van der Waals surface area contributed by atoms with Gasteiger partial charge in [-0.25, -0.2) is 0 Å². The molecular weight excluding hydrogens is 438 g/mol. The van der Waals surface area contributed by atoms with Gasteiger partial charge in [0.15, 0.2) is 6.61 Å². The van der Waals surface area contributed by atoms with Crippen LogP contribution >= 0.6 is 11.6 Å². The molecule has 0 unspecified atom stereocenters. The van der Waals surface area contributed by atoms with Gasteiger partial charge in [-0.2, -0.15) is 5.26 Å². The van der Waals surface area contributed by atoms with Gasteiger partial charge in [-0.05, 0) is 48.4 Å². The van der Waals surface area contributed by atoms with Crippen molar-refractivity contribution in [3.05, 3.63) is 101 Å². The number of halogens is 1. The fourth-order valence-electron chi connectivity index (χ4n) is 3.00. The summed E-state index contributed by atoms with van der Waals surface area (Å²) in [7, 11) is 0. The van der Waals surface area contributed by atoms with E-state index in [0.29, 0.717) is 17.0 Å². The minimum atomic E-state index is -0.483. The molecule has 0 saturated heterocycles.